The molecule has 0 aromatic heterocycles. The van der Waals surface area contributed by atoms with E-state index >= 15 is 0 Å². The van der Waals surface area contributed by atoms with Crippen LogP contribution in [0.2, 0.25) is 0 Å². The van der Waals surface area contributed by atoms with Gasteiger partial charge in [-0.2, -0.15) is 0 Å². The lowest BCUT2D eigenvalue weighted by molar-refractivity contribution is 0.352. The van der Waals surface area contributed by atoms with E-state index in [0.29, 0.717) is 0 Å². The van der Waals surface area contributed by atoms with Crippen molar-refractivity contribution in [3.63, 3.8) is 0 Å². The average Bonchev–Trinajstić information content (AvgIpc) is 2.59. The molecule has 0 N–H and O–H groups in total. The Morgan fingerprint density at radius 3 is 2.09 bits per heavy atom. The summed E-state index contributed by atoms with van der Waals surface area (Å²) in [6, 6.07) is 12.0. The van der Waals surface area contributed by atoms with Gasteiger partial charge in [0.1, 0.15) is 5.75 Å². The van der Waals surface area contributed by atoms with Gasteiger partial charge in [-0.15, -0.1) is 0 Å². The molecule has 0 radical (unpaired) electrons. The first-order valence-electron chi connectivity index (χ1n) is 7.29. The molecule has 0 bridgehead atoms. The highest BCUT2D eigenvalue weighted by Crippen LogP contribution is 2.34. The number of methoxy groups -OCH3 is 3. The molecule has 0 saturated heterocycles. The van der Waals surface area contributed by atoms with Gasteiger partial charge >= 0.3 is 0 Å². The van der Waals surface area contributed by atoms with Gasteiger partial charge in [0.2, 0.25) is 0 Å². The highest BCUT2D eigenvalue weighted by Gasteiger charge is 2.11. The first kappa shape index (κ1) is 16.0. The Morgan fingerprint density at radius 1 is 0.818 bits per heavy atom. The fraction of sp³-hybridized carbons (Fsp3) is 0.263. The molecule has 2 aromatic carbocycles. The first-order valence-corrected chi connectivity index (χ1v) is 7.29. The number of ether oxygens (including phenoxy) is 3. The molecule has 2 aromatic rings. The van der Waals surface area contributed by atoms with Crippen molar-refractivity contribution in [2.45, 2.75) is 13.3 Å². The van der Waals surface area contributed by atoms with Crippen LogP contribution in [0.4, 0.5) is 0 Å². The largest absolute Gasteiger partial charge is 0.497 e. The van der Waals surface area contributed by atoms with E-state index < -0.39 is 0 Å². The third-order valence-corrected chi connectivity index (χ3v) is 3.61. The maximum atomic E-state index is 5.51. The number of hydrogen-bond acceptors (Lipinski definition) is 3. The smallest absolute Gasteiger partial charge is 0.164 e. The SMILES string of the molecule is CCc1c(C=Cc2ccc(OC)cc2)ccc(OC)c1OC. The molecule has 0 aliphatic rings. The van der Waals surface area contributed by atoms with Crippen LogP contribution in [0, 0.1) is 0 Å². The van der Waals surface area contributed by atoms with Crippen LogP contribution in [0.1, 0.15) is 23.6 Å². The number of rotatable bonds is 6. The van der Waals surface area contributed by atoms with E-state index in [9.17, 15) is 0 Å². The summed E-state index contributed by atoms with van der Waals surface area (Å²) in [7, 11) is 5.00. The summed E-state index contributed by atoms with van der Waals surface area (Å²) in [6.07, 6.45) is 5.06. The summed E-state index contributed by atoms with van der Waals surface area (Å²) in [4.78, 5) is 0. The molecule has 116 valence electrons. The topological polar surface area (TPSA) is 27.7 Å². The molecular formula is C19H22O3. The van der Waals surface area contributed by atoms with Crippen molar-refractivity contribution in [3.05, 3.63) is 53.1 Å². The van der Waals surface area contributed by atoms with Gasteiger partial charge in [0.05, 0.1) is 21.3 Å². The van der Waals surface area contributed by atoms with Crippen LogP contribution in [0.25, 0.3) is 12.2 Å². The van der Waals surface area contributed by atoms with Gasteiger partial charge in [-0.1, -0.05) is 37.3 Å². The van der Waals surface area contributed by atoms with Crippen LogP contribution in [0.5, 0.6) is 17.2 Å². The summed E-state index contributed by atoms with van der Waals surface area (Å²) in [6.45, 7) is 2.11. The Morgan fingerprint density at radius 2 is 1.55 bits per heavy atom. The molecule has 2 rings (SSSR count). The zero-order valence-electron chi connectivity index (χ0n) is 13.6. The highest BCUT2D eigenvalue weighted by molar-refractivity contribution is 5.73. The summed E-state index contributed by atoms with van der Waals surface area (Å²) >= 11 is 0. The van der Waals surface area contributed by atoms with Crippen LogP contribution in [0.15, 0.2) is 36.4 Å². The molecule has 0 aliphatic carbocycles. The molecule has 0 fully saturated rings. The van der Waals surface area contributed by atoms with E-state index in [2.05, 4.69) is 25.1 Å². The van der Waals surface area contributed by atoms with E-state index in [1.807, 2.05) is 30.3 Å². The van der Waals surface area contributed by atoms with E-state index in [1.54, 1.807) is 21.3 Å². The van der Waals surface area contributed by atoms with Gasteiger partial charge in [-0.05, 0) is 35.7 Å². The average molecular weight is 298 g/mol. The second kappa shape index (κ2) is 7.55. The molecular weight excluding hydrogens is 276 g/mol. The summed E-state index contributed by atoms with van der Waals surface area (Å²) in [5.74, 6) is 2.43. The van der Waals surface area contributed by atoms with Crippen LogP contribution < -0.4 is 14.2 Å². The fourth-order valence-electron chi connectivity index (χ4n) is 2.43. The maximum Gasteiger partial charge on any atom is 0.164 e. The number of benzene rings is 2. The van der Waals surface area contributed by atoms with Crippen molar-refractivity contribution in [1.82, 2.24) is 0 Å². The van der Waals surface area contributed by atoms with Crippen molar-refractivity contribution in [2.24, 2.45) is 0 Å². The zero-order valence-corrected chi connectivity index (χ0v) is 13.6. The van der Waals surface area contributed by atoms with Crippen LogP contribution >= 0.6 is 0 Å². The van der Waals surface area contributed by atoms with Crippen molar-refractivity contribution < 1.29 is 14.2 Å². The third-order valence-electron chi connectivity index (χ3n) is 3.61. The molecule has 3 heteroatoms. The molecule has 0 spiro atoms. The quantitative estimate of drug-likeness (QED) is 0.738. The normalized spacial score (nSPS) is 10.7. The molecule has 22 heavy (non-hydrogen) atoms. The van der Waals surface area contributed by atoms with Crippen LogP contribution in [-0.2, 0) is 6.42 Å². The van der Waals surface area contributed by atoms with Gasteiger partial charge in [-0.3, -0.25) is 0 Å². The van der Waals surface area contributed by atoms with E-state index in [0.717, 1.165) is 40.4 Å². The Bertz CT molecular complexity index is 642. The number of hydrogen-bond donors (Lipinski definition) is 0. The van der Waals surface area contributed by atoms with Gasteiger partial charge in [0.15, 0.2) is 11.5 Å². The van der Waals surface area contributed by atoms with E-state index in [1.165, 1.54) is 0 Å². The minimum Gasteiger partial charge on any atom is -0.497 e. The maximum absolute atomic E-state index is 5.51. The molecule has 0 saturated carbocycles. The predicted molar refractivity (Wildman–Crippen MR) is 90.8 cm³/mol. The molecule has 0 unspecified atom stereocenters. The summed E-state index contributed by atoms with van der Waals surface area (Å²) in [5.41, 5.74) is 3.40. The van der Waals surface area contributed by atoms with Gasteiger partial charge < -0.3 is 14.2 Å². The first-order chi connectivity index (χ1) is 10.7. The standard InChI is InChI=1S/C19H22O3/c1-5-17-15(10-13-18(21-3)19(17)22-4)9-6-14-7-11-16(20-2)12-8-14/h6-13H,5H2,1-4H3. The van der Waals surface area contributed by atoms with Crippen molar-refractivity contribution >= 4 is 12.2 Å². The Labute approximate surface area is 132 Å². The Hall–Kier alpha value is -2.42. The van der Waals surface area contributed by atoms with Gasteiger partial charge in [0.25, 0.3) is 0 Å². The zero-order chi connectivity index (χ0) is 15.9. The monoisotopic (exact) mass is 298 g/mol. The van der Waals surface area contributed by atoms with Gasteiger partial charge in [-0.25, -0.2) is 0 Å². The van der Waals surface area contributed by atoms with Crippen LogP contribution in [0.3, 0.4) is 0 Å². The molecule has 0 amide bonds. The molecule has 0 heterocycles. The lowest BCUT2D eigenvalue weighted by Crippen LogP contribution is -1.97. The summed E-state index contributed by atoms with van der Waals surface area (Å²) in [5, 5.41) is 0. The van der Waals surface area contributed by atoms with Crippen molar-refractivity contribution in [1.29, 1.82) is 0 Å². The summed E-state index contributed by atoms with van der Waals surface area (Å²) < 4.78 is 16.0. The van der Waals surface area contributed by atoms with Crippen LogP contribution in [-0.4, -0.2) is 21.3 Å². The fourth-order valence-corrected chi connectivity index (χ4v) is 2.43. The lowest BCUT2D eigenvalue weighted by atomic mass is 10.0. The highest BCUT2D eigenvalue weighted by atomic mass is 16.5. The van der Waals surface area contributed by atoms with E-state index in [-0.39, 0.29) is 0 Å². The Balaban J connectivity index is 2.33. The minimum absolute atomic E-state index is 0.765. The second-order valence-electron chi connectivity index (χ2n) is 4.83. The Kier molecular flexibility index (Phi) is 5.48. The van der Waals surface area contributed by atoms with Gasteiger partial charge in [0, 0.05) is 5.56 Å². The lowest BCUT2D eigenvalue weighted by Gasteiger charge is -2.14. The second-order valence-corrected chi connectivity index (χ2v) is 4.83. The van der Waals surface area contributed by atoms with E-state index in [4.69, 9.17) is 14.2 Å². The third kappa shape index (κ3) is 3.42. The van der Waals surface area contributed by atoms with Crippen molar-refractivity contribution in [2.75, 3.05) is 21.3 Å². The minimum atomic E-state index is 0.765. The molecule has 0 aliphatic heterocycles. The molecule has 3 nitrogen and oxygen atoms in total. The molecule has 0 atom stereocenters. The predicted octanol–water partition coefficient (Wildman–Crippen LogP) is 4.45. The van der Waals surface area contributed by atoms with Crippen molar-refractivity contribution in [3.8, 4) is 17.2 Å².